The van der Waals surface area contributed by atoms with Crippen LogP contribution in [0.4, 0.5) is 0 Å². The lowest BCUT2D eigenvalue weighted by atomic mass is 10.1. The van der Waals surface area contributed by atoms with Crippen molar-refractivity contribution >= 4 is 27.7 Å². The number of carbonyl (C=O) groups is 1. The van der Waals surface area contributed by atoms with Crippen LogP contribution in [0.2, 0.25) is 0 Å². The third-order valence-corrected chi connectivity index (χ3v) is 5.27. The average Bonchev–Trinajstić information content (AvgIpc) is 3.30. The van der Waals surface area contributed by atoms with Gasteiger partial charge >= 0.3 is 0 Å². The van der Waals surface area contributed by atoms with E-state index in [9.17, 15) is 4.79 Å². The Kier molecular flexibility index (Phi) is 3.72. The third-order valence-electron chi connectivity index (χ3n) is 5.27. The van der Waals surface area contributed by atoms with Crippen LogP contribution in [-0.2, 0) is 0 Å². The van der Waals surface area contributed by atoms with E-state index in [-0.39, 0.29) is 5.91 Å². The Labute approximate surface area is 156 Å². The molecule has 136 valence electrons. The summed E-state index contributed by atoms with van der Waals surface area (Å²) in [5, 5.41) is 13.1. The van der Waals surface area contributed by atoms with Crippen molar-refractivity contribution in [1.82, 2.24) is 25.0 Å². The summed E-state index contributed by atoms with van der Waals surface area (Å²) in [6, 6.07) is 16.4. The van der Waals surface area contributed by atoms with Crippen molar-refractivity contribution in [3.8, 4) is 5.82 Å². The molecular formula is C21H21N5O. The van der Waals surface area contributed by atoms with Gasteiger partial charge in [0.05, 0.1) is 11.0 Å². The largest absolute Gasteiger partial charge is 0.336 e. The minimum absolute atomic E-state index is 0.0879. The fourth-order valence-corrected chi connectivity index (χ4v) is 3.88. The lowest BCUT2D eigenvalue weighted by molar-refractivity contribution is 0.0709. The molecule has 3 heterocycles. The molecule has 0 radical (unpaired) electrons. The summed E-state index contributed by atoms with van der Waals surface area (Å²) in [6.45, 7) is 4.43. The van der Waals surface area contributed by atoms with Gasteiger partial charge in [0.1, 0.15) is 0 Å². The van der Waals surface area contributed by atoms with Crippen molar-refractivity contribution in [3.05, 3.63) is 60.3 Å². The topological polar surface area (TPSA) is 66.0 Å². The minimum atomic E-state index is 0.0879. The summed E-state index contributed by atoms with van der Waals surface area (Å²) in [7, 11) is 0. The first-order valence-electron chi connectivity index (χ1n) is 9.28. The van der Waals surface area contributed by atoms with Gasteiger partial charge in [-0.05, 0) is 37.3 Å². The van der Waals surface area contributed by atoms with Crippen molar-refractivity contribution in [3.63, 3.8) is 0 Å². The van der Waals surface area contributed by atoms with Crippen molar-refractivity contribution in [2.24, 2.45) is 0 Å². The van der Waals surface area contributed by atoms with Gasteiger partial charge in [0.15, 0.2) is 5.82 Å². The van der Waals surface area contributed by atoms with Crippen LogP contribution in [0.3, 0.4) is 0 Å². The zero-order valence-corrected chi connectivity index (χ0v) is 15.1. The maximum atomic E-state index is 13.0. The molecule has 2 aromatic carbocycles. The fourth-order valence-electron chi connectivity index (χ4n) is 3.88. The van der Waals surface area contributed by atoms with E-state index >= 15 is 0 Å². The van der Waals surface area contributed by atoms with Gasteiger partial charge in [-0.2, -0.15) is 5.10 Å². The number of fused-ring (bicyclic) bond motifs is 2. The molecule has 0 unspecified atom stereocenters. The van der Waals surface area contributed by atoms with Gasteiger partial charge in [0.25, 0.3) is 5.91 Å². The average molecular weight is 359 g/mol. The molecule has 6 nitrogen and oxygen atoms in total. The molecule has 2 aromatic heterocycles. The number of rotatable bonds is 2. The summed E-state index contributed by atoms with van der Waals surface area (Å²) < 4.78 is 2.05. The fraction of sp³-hybridized carbons (Fsp3) is 0.238. The molecule has 1 atom stereocenters. The summed E-state index contributed by atoms with van der Waals surface area (Å²) in [4.78, 5) is 14.9. The molecule has 1 fully saturated rings. The van der Waals surface area contributed by atoms with Gasteiger partial charge in [0, 0.05) is 48.2 Å². The molecular weight excluding hydrogens is 338 g/mol. The van der Waals surface area contributed by atoms with Crippen molar-refractivity contribution in [2.75, 3.05) is 19.6 Å². The van der Waals surface area contributed by atoms with E-state index in [4.69, 9.17) is 0 Å². The summed E-state index contributed by atoms with van der Waals surface area (Å²) in [5.41, 5.74) is 2.70. The number of nitrogens with one attached hydrogen (secondary N) is 2. The molecule has 1 saturated heterocycles. The molecule has 27 heavy (non-hydrogen) atoms. The van der Waals surface area contributed by atoms with E-state index < -0.39 is 0 Å². The molecule has 2 N–H and O–H groups in total. The van der Waals surface area contributed by atoms with Crippen LogP contribution in [0.5, 0.6) is 0 Å². The molecule has 6 heteroatoms. The normalized spacial score (nSPS) is 17.7. The highest BCUT2D eigenvalue weighted by molar-refractivity contribution is 5.99. The Bertz CT molecular complexity index is 1140. The lowest BCUT2D eigenvalue weighted by Gasteiger charge is -2.32. The number of nitrogens with zero attached hydrogens (tertiary/aromatic N) is 3. The third kappa shape index (κ3) is 2.69. The number of amides is 1. The first-order valence-corrected chi connectivity index (χ1v) is 9.28. The number of piperazine rings is 1. The number of aromatic amines is 1. The van der Waals surface area contributed by atoms with Crippen LogP contribution in [0.1, 0.15) is 17.3 Å². The zero-order valence-electron chi connectivity index (χ0n) is 15.1. The first kappa shape index (κ1) is 16.1. The predicted octanol–water partition coefficient (Wildman–Crippen LogP) is 2.94. The molecule has 0 bridgehead atoms. The maximum Gasteiger partial charge on any atom is 0.254 e. The Morgan fingerprint density at radius 3 is 2.96 bits per heavy atom. The number of aromatic nitrogens is 3. The number of hydrogen-bond donors (Lipinski definition) is 2. The van der Waals surface area contributed by atoms with Gasteiger partial charge in [0.2, 0.25) is 0 Å². The van der Waals surface area contributed by atoms with Gasteiger partial charge in [-0.15, -0.1) is 0 Å². The minimum Gasteiger partial charge on any atom is -0.336 e. The molecule has 1 amide bonds. The highest BCUT2D eigenvalue weighted by atomic mass is 16.2. The Balaban J connectivity index is 1.58. The SMILES string of the molecule is C[C@H]1CN(C(=O)c2ccc3ccn(-c4n[nH]c5ccccc45)c3c2)CCN1. The van der Waals surface area contributed by atoms with Crippen LogP contribution in [0, 0.1) is 0 Å². The first-order chi connectivity index (χ1) is 13.2. The Hall–Kier alpha value is -3.12. The predicted molar refractivity (Wildman–Crippen MR) is 106 cm³/mol. The van der Waals surface area contributed by atoms with E-state index in [1.54, 1.807) is 0 Å². The standard InChI is InChI=1S/C21H21N5O/c1-14-13-25(11-9-22-14)21(27)16-7-6-15-8-10-26(19(15)12-16)20-17-4-2-3-5-18(17)23-24-20/h2-8,10,12,14,22H,9,11,13H2,1H3,(H,23,24)/t14-/m0/s1. The Morgan fingerprint density at radius 1 is 1.19 bits per heavy atom. The van der Waals surface area contributed by atoms with Crippen LogP contribution in [0.25, 0.3) is 27.6 Å². The van der Waals surface area contributed by atoms with Crippen LogP contribution in [-0.4, -0.2) is 51.2 Å². The number of para-hydroxylation sites is 1. The number of H-pyrrole nitrogens is 1. The van der Waals surface area contributed by atoms with Crippen molar-refractivity contribution in [2.45, 2.75) is 13.0 Å². The van der Waals surface area contributed by atoms with E-state index in [2.05, 4.69) is 34.6 Å². The van der Waals surface area contributed by atoms with Crippen molar-refractivity contribution in [1.29, 1.82) is 0 Å². The zero-order chi connectivity index (χ0) is 18.4. The summed E-state index contributed by atoms with van der Waals surface area (Å²) >= 11 is 0. The molecule has 5 rings (SSSR count). The summed E-state index contributed by atoms with van der Waals surface area (Å²) in [5.74, 6) is 0.936. The second-order valence-corrected chi connectivity index (χ2v) is 7.16. The maximum absolute atomic E-state index is 13.0. The molecule has 1 aliphatic heterocycles. The monoisotopic (exact) mass is 359 g/mol. The second-order valence-electron chi connectivity index (χ2n) is 7.16. The molecule has 1 aliphatic rings. The number of carbonyl (C=O) groups excluding carboxylic acids is 1. The second kappa shape index (κ2) is 6.25. The van der Waals surface area contributed by atoms with E-state index in [0.29, 0.717) is 6.04 Å². The van der Waals surface area contributed by atoms with E-state index in [1.807, 2.05) is 52.1 Å². The quantitative estimate of drug-likeness (QED) is 0.578. The molecule has 0 spiro atoms. The number of benzene rings is 2. The van der Waals surface area contributed by atoms with Crippen LogP contribution >= 0.6 is 0 Å². The van der Waals surface area contributed by atoms with Gasteiger partial charge < -0.3 is 10.2 Å². The van der Waals surface area contributed by atoms with Gasteiger partial charge in [-0.3, -0.25) is 14.5 Å². The van der Waals surface area contributed by atoms with Gasteiger partial charge in [-0.1, -0.05) is 18.2 Å². The molecule has 0 saturated carbocycles. The van der Waals surface area contributed by atoms with Gasteiger partial charge in [-0.25, -0.2) is 0 Å². The lowest BCUT2D eigenvalue weighted by Crippen LogP contribution is -2.51. The van der Waals surface area contributed by atoms with Crippen molar-refractivity contribution < 1.29 is 4.79 Å². The highest BCUT2D eigenvalue weighted by Gasteiger charge is 2.22. The molecule has 4 aromatic rings. The van der Waals surface area contributed by atoms with E-state index in [1.165, 1.54) is 0 Å². The smallest absolute Gasteiger partial charge is 0.254 e. The highest BCUT2D eigenvalue weighted by Crippen LogP contribution is 2.26. The summed E-state index contributed by atoms with van der Waals surface area (Å²) in [6.07, 6.45) is 2.01. The van der Waals surface area contributed by atoms with Crippen LogP contribution < -0.4 is 5.32 Å². The Morgan fingerprint density at radius 2 is 2.07 bits per heavy atom. The number of hydrogen-bond acceptors (Lipinski definition) is 3. The van der Waals surface area contributed by atoms with Crippen LogP contribution in [0.15, 0.2) is 54.7 Å². The van der Waals surface area contributed by atoms with E-state index in [0.717, 1.165) is 52.8 Å². The molecule has 0 aliphatic carbocycles.